The van der Waals surface area contributed by atoms with Crippen molar-refractivity contribution in [3.8, 4) is 5.69 Å². The van der Waals surface area contributed by atoms with Crippen LogP contribution in [0.15, 0.2) is 48.5 Å². The van der Waals surface area contributed by atoms with Crippen LogP contribution in [0.2, 0.25) is 0 Å². The summed E-state index contributed by atoms with van der Waals surface area (Å²) in [4.78, 5) is 12.5. The van der Waals surface area contributed by atoms with E-state index in [-0.39, 0.29) is 5.41 Å². The molecule has 1 aromatic heterocycles. The number of hydrogen-bond donors (Lipinski definition) is 3. The van der Waals surface area contributed by atoms with Gasteiger partial charge in [0.15, 0.2) is 0 Å². The van der Waals surface area contributed by atoms with Crippen LogP contribution < -0.4 is 16.0 Å². The molecule has 0 radical (unpaired) electrons. The third kappa shape index (κ3) is 4.08. The fourth-order valence-electron chi connectivity index (χ4n) is 3.30. The van der Waals surface area contributed by atoms with Gasteiger partial charge >= 0.3 is 6.03 Å². The van der Waals surface area contributed by atoms with Crippen molar-refractivity contribution in [2.45, 2.75) is 32.6 Å². The molecule has 0 fully saturated rings. The quantitative estimate of drug-likeness (QED) is 0.591. The normalized spacial score (nSPS) is 13.0. The highest BCUT2D eigenvalue weighted by Crippen LogP contribution is 2.29. The number of nitrogens with one attached hydrogen (secondary N) is 3. The molecule has 1 aliphatic rings. The first-order valence-corrected chi connectivity index (χ1v) is 9.61. The van der Waals surface area contributed by atoms with Crippen molar-refractivity contribution in [1.82, 2.24) is 9.78 Å². The zero-order valence-corrected chi connectivity index (χ0v) is 16.7. The van der Waals surface area contributed by atoms with Crippen LogP contribution >= 0.6 is 0 Å². The first kappa shape index (κ1) is 19.0. The van der Waals surface area contributed by atoms with Crippen molar-refractivity contribution in [2.24, 2.45) is 0 Å². The number of benzene rings is 2. The number of rotatable bonds is 3. The Morgan fingerprint density at radius 2 is 1.97 bits per heavy atom. The lowest BCUT2D eigenvalue weighted by molar-refractivity contribution is 0.262. The highest BCUT2D eigenvalue weighted by Gasteiger charge is 2.22. The van der Waals surface area contributed by atoms with Gasteiger partial charge in [0.1, 0.15) is 11.6 Å². The molecule has 7 heteroatoms. The molecule has 6 nitrogen and oxygen atoms in total. The molecule has 3 N–H and O–H groups in total. The number of aromatic nitrogens is 2. The van der Waals surface area contributed by atoms with Crippen LogP contribution in [-0.2, 0) is 11.8 Å². The Balaban J connectivity index is 1.65. The number of urea groups is 1. The Bertz CT molecular complexity index is 1070. The van der Waals surface area contributed by atoms with Crippen LogP contribution in [0, 0.1) is 5.82 Å². The summed E-state index contributed by atoms with van der Waals surface area (Å²) in [5.41, 5.74) is 4.30. The molecule has 0 spiro atoms. The Labute approximate surface area is 169 Å². The van der Waals surface area contributed by atoms with Crippen LogP contribution in [-0.4, -0.2) is 22.4 Å². The van der Waals surface area contributed by atoms with Crippen molar-refractivity contribution >= 4 is 23.2 Å². The minimum atomic E-state index is -0.458. The van der Waals surface area contributed by atoms with Crippen molar-refractivity contribution in [3.05, 3.63) is 65.6 Å². The monoisotopic (exact) mass is 393 g/mol. The number of amides is 2. The smallest absolute Gasteiger partial charge is 0.324 e. The fraction of sp³-hybridized carbons (Fsp3) is 0.273. The third-order valence-corrected chi connectivity index (χ3v) is 4.85. The Morgan fingerprint density at radius 1 is 1.14 bits per heavy atom. The van der Waals surface area contributed by atoms with E-state index >= 15 is 0 Å². The van der Waals surface area contributed by atoms with Gasteiger partial charge in [0.05, 0.1) is 11.4 Å². The van der Waals surface area contributed by atoms with Crippen LogP contribution in [0.3, 0.4) is 0 Å². The van der Waals surface area contributed by atoms with Gasteiger partial charge in [0, 0.05) is 29.4 Å². The number of fused-ring (bicyclic) bond motifs is 1. The van der Waals surface area contributed by atoms with E-state index in [0.717, 1.165) is 30.0 Å². The lowest BCUT2D eigenvalue weighted by Crippen LogP contribution is -2.21. The van der Waals surface area contributed by atoms with Gasteiger partial charge in [-0.05, 0) is 48.4 Å². The number of carbonyl (C=O) groups is 1. The summed E-state index contributed by atoms with van der Waals surface area (Å²) in [6, 6.07) is 13.3. The summed E-state index contributed by atoms with van der Waals surface area (Å²) in [7, 11) is 0. The van der Waals surface area contributed by atoms with Gasteiger partial charge in [-0.1, -0.05) is 26.8 Å². The molecule has 2 aromatic carbocycles. The van der Waals surface area contributed by atoms with Crippen LogP contribution in [0.4, 0.5) is 26.4 Å². The third-order valence-electron chi connectivity index (χ3n) is 4.85. The summed E-state index contributed by atoms with van der Waals surface area (Å²) in [6.07, 6.45) is 0.958. The number of hydrogen-bond acceptors (Lipinski definition) is 3. The standard InChI is InChI=1S/C22H24FN5O/c1-22(2,3)19-13-20(26-21(29)25-16-6-4-5-15(23)12-16)28(27-19)17-7-8-18-14(11-17)9-10-24-18/h4-8,11-13,24H,9-10H2,1-3H3,(H2,25,26,29). The second kappa shape index (κ2) is 7.24. The topological polar surface area (TPSA) is 71.0 Å². The van der Waals surface area contributed by atoms with E-state index in [1.165, 1.54) is 17.7 Å². The number of halogens is 1. The maximum atomic E-state index is 13.4. The second-order valence-corrected chi connectivity index (χ2v) is 8.18. The number of nitrogens with zero attached hydrogens (tertiary/aromatic N) is 2. The van der Waals surface area contributed by atoms with E-state index in [2.05, 4.69) is 42.8 Å². The van der Waals surface area contributed by atoms with Gasteiger partial charge in [0.2, 0.25) is 0 Å². The molecule has 3 aromatic rings. The van der Waals surface area contributed by atoms with Crippen molar-refractivity contribution < 1.29 is 9.18 Å². The van der Waals surface area contributed by atoms with Gasteiger partial charge in [-0.25, -0.2) is 13.9 Å². The van der Waals surface area contributed by atoms with Crippen molar-refractivity contribution in [3.63, 3.8) is 0 Å². The minimum absolute atomic E-state index is 0.182. The van der Waals surface area contributed by atoms with E-state index in [4.69, 9.17) is 5.10 Å². The van der Waals surface area contributed by atoms with E-state index in [1.807, 2.05) is 18.2 Å². The van der Waals surface area contributed by atoms with Crippen molar-refractivity contribution in [1.29, 1.82) is 0 Å². The molecular weight excluding hydrogens is 369 g/mol. The summed E-state index contributed by atoms with van der Waals surface area (Å²) in [6.45, 7) is 7.14. The van der Waals surface area contributed by atoms with Gasteiger partial charge in [0.25, 0.3) is 0 Å². The molecule has 2 amide bonds. The van der Waals surface area contributed by atoms with E-state index < -0.39 is 11.8 Å². The first-order valence-electron chi connectivity index (χ1n) is 9.61. The molecule has 2 heterocycles. The van der Waals surface area contributed by atoms with E-state index in [0.29, 0.717) is 11.5 Å². The van der Waals surface area contributed by atoms with Gasteiger partial charge < -0.3 is 10.6 Å². The molecule has 0 aliphatic carbocycles. The summed E-state index contributed by atoms with van der Waals surface area (Å²) in [5, 5.41) is 13.6. The predicted octanol–water partition coefficient (Wildman–Crippen LogP) is 4.92. The first-order chi connectivity index (χ1) is 13.8. The highest BCUT2D eigenvalue weighted by molar-refractivity contribution is 5.99. The SMILES string of the molecule is CC(C)(C)c1cc(NC(=O)Nc2cccc(F)c2)n(-c2ccc3c(c2)CCN3)n1. The molecule has 0 unspecified atom stereocenters. The maximum Gasteiger partial charge on any atom is 0.324 e. The Morgan fingerprint density at radius 3 is 2.72 bits per heavy atom. The molecule has 1 aliphatic heterocycles. The summed E-state index contributed by atoms with van der Waals surface area (Å²) < 4.78 is 15.1. The average molecular weight is 393 g/mol. The summed E-state index contributed by atoms with van der Waals surface area (Å²) >= 11 is 0. The zero-order chi connectivity index (χ0) is 20.6. The van der Waals surface area contributed by atoms with Gasteiger partial charge in [-0.15, -0.1) is 0 Å². The van der Waals surface area contributed by atoms with Gasteiger partial charge in [-0.2, -0.15) is 5.10 Å². The summed E-state index contributed by atoms with van der Waals surface area (Å²) in [5.74, 6) is 0.143. The zero-order valence-electron chi connectivity index (χ0n) is 16.7. The second-order valence-electron chi connectivity index (χ2n) is 8.18. The van der Waals surface area contributed by atoms with Crippen molar-refractivity contribution in [2.75, 3.05) is 22.5 Å². The maximum absolute atomic E-state index is 13.4. The van der Waals surface area contributed by atoms with Crippen LogP contribution in [0.1, 0.15) is 32.0 Å². The molecular formula is C22H24FN5O. The molecule has 29 heavy (non-hydrogen) atoms. The molecule has 0 saturated carbocycles. The Kier molecular flexibility index (Phi) is 4.74. The van der Waals surface area contributed by atoms with Gasteiger partial charge in [-0.3, -0.25) is 5.32 Å². The predicted molar refractivity (Wildman–Crippen MR) is 113 cm³/mol. The lowest BCUT2D eigenvalue weighted by atomic mass is 9.92. The molecule has 0 saturated heterocycles. The van der Waals surface area contributed by atoms with E-state index in [9.17, 15) is 9.18 Å². The van der Waals surface area contributed by atoms with E-state index in [1.54, 1.807) is 16.8 Å². The number of carbonyl (C=O) groups excluding carboxylic acids is 1. The number of anilines is 3. The Hall–Kier alpha value is -3.35. The molecule has 0 bridgehead atoms. The molecule has 150 valence electrons. The average Bonchev–Trinajstić information content (AvgIpc) is 3.27. The largest absolute Gasteiger partial charge is 0.384 e. The lowest BCUT2D eigenvalue weighted by Gasteiger charge is -2.14. The van der Waals surface area contributed by atoms with Crippen LogP contribution in [0.5, 0.6) is 0 Å². The molecule has 0 atom stereocenters. The minimum Gasteiger partial charge on any atom is -0.384 e. The fourth-order valence-corrected chi connectivity index (χ4v) is 3.30. The molecule has 4 rings (SSSR count). The highest BCUT2D eigenvalue weighted by atomic mass is 19.1. The van der Waals surface area contributed by atoms with Crippen LogP contribution in [0.25, 0.3) is 5.69 Å².